The predicted octanol–water partition coefficient (Wildman–Crippen LogP) is 6.24. The Kier molecular flexibility index (Phi) is 8.25. The first-order chi connectivity index (χ1) is 15.5. The van der Waals surface area contributed by atoms with Crippen LogP contribution in [0.25, 0.3) is 11.1 Å². The van der Waals surface area contributed by atoms with Crippen molar-refractivity contribution in [3.05, 3.63) is 72.0 Å². The van der Waals surface area contributed by atoms with Gasteiger partial charge in [0.05, 0.1) is 31.1 Å². The summed E-state index contributed by atoms with van der Waals surface area (Å²) in [4.78, 5) is 0. The average molecular weight is 457 g/mol. The van der Waals surface area contributed by atoms with Gasteiger partial charge in [-0.05, 0) is 54.6 Å². The van der Waals surface area contributed by atoms with Gasteiger partial charge in [0.1, 0.15) is 5.82 Å². The smallest absolute Gasteiger partial charge is 0.161 e. The Labute approximate surface area is 193 Å². The quantitative estimate of drug-likeness (QED) is 0.352. The zero-order valence-corrected chi connectivity index (χ0v) is 19.6. The molecule has 0 heterocycles. The van der Waals surface area contributed by atoms with Gasteiger partial charge in [0.15, 0.2) is 11.5 Å². The standard InChI is InChI=1S/C25H29FN2O3S/c1-5-31-25-15-18(11-13-24(25)30-3)23(16-32-4)28(29)22-12-10-17(14-21(22)27-2)19-8-6-7-9-20(19)26/h6-15,23,27,29H,5,16H2,1-4H3/t23-/m0/s1. The third kappa shape index (κ3) is 5.11. The van der Waals surface area contributed by atoms with Crippen LogP contribution < -0.4 is 19.9 Å². The summed E-state index contributed by atoms with van der Waals surface area (Å²) in [6, 6.07) is 17.4. The number of nitrogens with one attached hydrogen (secondary N) is 1. The largest absolute Gasteiger partial charge is 0.493 e. The molecule has 0 saturated heterocycles. The molecule has 170 valence electrons. The maximum Gasteiger partial charge on any atom is 0.161 e. The molecule has 0 amide bonds. The van der Waals surface area contributed by atoms with Crippen LogP contribution in [0.15, 0.2) is 60.7 Å². The van der Waals surface area contributed by atoms with Gasteiger partial charge >= 0.3 is 0 Å². The first kappa shape index (κ1) is 23.8. The van der Waals surface area contributed by atoms with E-state index in [0.29, 0.717) is 40.8 Å². The van der Waals surface area contributed by atoms with E-state index in [0.717, 1.165) is 11.1 Å². The van der Waals surface area contributed by atoms with E-state index >= 15 is 0 Å². The fraction of sp³-hybridized carbons (Fsp3) is 0.280. The third-order valence-electron chi connectivity index (χ3n) is 5.19. The lowest BCUT2D eigenvalue weighted by Gasteiger charge is -2.30. The first-order valence-electron chi connectivity index (χ1n) is 10.4. The number of hydroxylamine groups is 1. The highest BCUT2D eigenvalue weighted by Gasteiger charge is 2.23. The normalized spacial score (nSPS) is 11.7. The monoisotopic (exact) mass is 456 g/mol. The Bertz CT molecular complexity index is 1050. The molecule has 2 N–H and O–H groups in total. The fourth-order valence-corrected chi connectivity index (χ4v) is 4.25. The van der Waals surface area contributed by atoms with Crippen LogP contribution in [0, 0.1) is 5.82 Å². The van der Waals surface area contributed by atoms with Crippen LogP contribution in [-0.2, 0) is 0 Å². The summed E-state index contributed by atoms with van der Waals surface area (Å²) in [6.45, 7) is 2.43. The minimum absolute atomic E-state index is 0.287. The number of hydrogen-bond donors (Lipinski definition) is 2. The van der Waals surface area contributed by atoms with Gasteiger partial charge in [-0.1, -0.05) is 30.3 Å². The average Bonchev–Trinajstić information content (AvgIpc) is 2.82. The Morgan fingerprint density at radius 2 is 1.88 bits per heavy atom. The number of benzene rings is 3. The lowest BCUT2D eigenvalue weighted by molar-refractivity contribution is 0.225. The van der Waals surface area contributed by atoms with Crippen LogP contribution >= 0.6 is 11.8 Å². The van der Waals surface area contributed by atoms with Crippen molar-refractivity contribution in [2.24, 2.45) is 0 Å². The van der Waals surface area contributed by atoms with E-state index in [1.807, 2.05) is 43.5 Å². The van der Waals surface area contributed by atoms with Crippen molar-refractivity contribution in [3.63, 3.8) is 0 Å². The molecule has 3 aromatic rings. The zero-order valence-electron chi connectivity index (χ0n) is 18.8. The lowest BCUT2D eigenvalue weighted by Crippen LogP contribution is -2.27. The number of ether oxygens (including phenoxy) is 2. The van der Waals surface area contributed by atoms with Gasteiger partial charge in [-0.25, -0.2) is 9.45 Å². The van der Waals surface area contributed by atoms with Gasteiger partial charge in [-0.15, -0.1) is 0 Å². The second-order valence-electron chi connectivity index (χ2n) is 7.12. The topological polar surface area (TPSA) is 54.0 Å². The SMILES string of the molecule is CCOc1cc([C@H](CSC)N(O)c2ccc(-c3ccccc3F)cc2NC)ccc1OC. The molecular formula is C25H29FN2O3S. The molecule has 0 radical (unpaired) electrons. The van der Waals surface area contributed by atoms with E-state index in [2.05, 4.69) is 5.32 Å². The van der Waals surface area contributed by atoms with E-state index in [9.17, 15) is 9.60 Å². The second kappa shape index (κ2) is 11.1. The van der Waals surface area contributed by atoms with Crippen molar-refractivity contribution in [2.75, 3.05) is 43.2 Å². The van der Waals surface area contributed by atoms with Crippen molar-refractivity contribution >= 4 is 23.1 Å². The number of rotatable bonds is 10. The first-order valence-corrected chi connectivity index (χ1v) is 11.8. The Morgan fingerprint density at radius 1 is 1.09 bits per heavy atom. The summed E-state index contributed by atoms with van der Waals surface area (Å²) >= 11 is 1.63. The van der Waals surface area contributed by atoms with E-state index in [-0.39, 0.29) is 11.9 Å². The summed E-state index contributed by atoms with van der Waals surface area (Å²) in [5, 5.41) is 15.7. The molecule has 32 heavy (non-hydrogen) atoms. The molecule has 0 saturated carbocycles. The van der Waals surface area contributed by atoms with Gasteiger partial charge in [-0.3, -0.25) is 5.21 Å². The van der Waals surface area contributed by atoms with Crippen molar-refractivity contribution in [3.8, 4) is 22.6 Å². The highest BCUT2D eigenvalue weighted by atomic mass is 32.2. The van der Waals surface area contributed by atoms with E-state index < -0.39 is 0 Å². The number of thioether (sulfide) groups is 1. The summed E-state index contributed by atoms with van der Waals surface area (Å²) in [6.07, 6.45) is 1.99. The minimum atomic E-state index is -0.332. The Balaban J connectivity index is 2.00. The van der Waals surface area contributed by atoms with Crippen LogP contribution in [0.2, 0.25) is 0 Å². The molecule has 1 atom stereocenters. The zero-order chi connectivity index (χ0) is 23.1. The molecule has 3 aromatic carbocycles. The molecule has 0 unspecified atom stereocenters. The number of hydrogen-bond acceptors (Lipinski definition) is 6. The summed E-state index contributed by atoms with van der Waals surface area (Å²) in [5.74, 6) is 1.64. The van der Waals surface area contributed by atoms with Crippen LogP contribution in [-0.4, -0.2) is 38.0 Å². The van der Waals surface area contributed by atoms with Crippen molar-refractivity contribution in [1.82, 2.24) is 0 Å². The van der Waals surface area contributed by atoms with E-state index in [1.54, 1.807) is 50.2 Å². The number of methoxy groups -OCH3 is 1. The van der Waals surface area contributed by atoms with Gasteiger partial charge < -0.3 is 14.8 Å². The Hall–Kier alpha value is -2.90. The van der Waals surface area contributed by atoms with Crippen LogP contribution in [0.3, 0.4) is 0 Å². The van der Waals surface area contributed by atoms with Gasteiger partial charge in [-0.2, -0.15) is 11.8 Å². The number of halogens is 1. The summed E-state index contributed by atoms with van der Waals surface area (Å²) in [5.41, 5.74) is 3.43. The molecule has 0 aromatic heterocycles. The lowest BCUT2D eigenvalue weighted by atomic mass is 10.0. The van der Waals surface area contributed by atoms with Gasteiger partial charge in [0, 0.05) is 18.4 Å². The minimum Gasteiger partial charge on any atom is -0.493 e. The van der Waals surface area contributed by atoms with Gasteiger partial charge in [0.25, 0.3) is 0 Å². The fourth-order valence-electron chi connectivity index (χ4n) is 3.60. The van der Waals surface area contributed by atoms with E-state index in [4.69, 9.17) is 9.47 Å². The van der Waals surface area contributed by atoms with Crippen LogP contribution in [0.5, 0.6) is 11.5 Å². The molecular weight excluding hydrogens is 427 g/mol. The molecule has 0 aliphatic rings. The number of anilines is 2. The van der Waals surface area contributed by atoms with Crippen LogP contribution in [0.4, 0.5) is 15.8 Å². The Morgan fingerprint density at radius 3 is 2.53 bits per heavy atom. The third-order valence-corrected chi connectivity index (χ3v) is 5.84. The molecule has 5 nitrogen and oxygen atoms in total. The molecule has 0 bridgehead atoms. The molecule has 0 fully saturated rings. The van der Waals surface area contributed by atoms with Crippen molar-refractivity contribution in [2.45, 2.75) is 13.0 Å². The highest BCUT2D eigenvalue weighted by Crippen LogP contribution is 2.38. The van der Waals surface area contributed by atoms with Crippen LogP contribution in [0.1, 0.15) is 18.5 Å². The molecule has 7 heteroatoms. The molecule has 0 aliphatic carbocycles. The number of nitrogens with zero attached hydrogens (tertiary/aromatic N) is 1. The second-order valence-corrected chi connectivity index (χ2v) is 8.03. The van der Waals surface area contributed by atoms with E-state index in [1.165, 1.54) is 11.1 Å². The molecule has 0 aliphatic heterocycles. The van der Waals surface area contributed by atoms with Crippen molar-refractivity contribution in [1.29, 1.82) is 0 Å². The summed E-state index contributed by atoms with van der Waals surface area (Å²) < 4.78 is 25.4. The highest BCUT2D eigenvalue weighted by molar-refractivity contribution is 7.98. The maximum absolute atomic E-state index is 14.3. The molecule has 0 spiro atoms. The van der Waals surface area contributed by atoms with Crippen molar-refractivity contribution < 1.29 is 19.1 Å². The van der Waals surface area contributed by atoms with Gasteiger partial charge in [0.2, 0.25) is 0 Å². The maximum atomic E-state index is 14.3. The molecule has 3 rings (SSSR count). The predicted molar refractivity (Wildman–Crippen MR) is 131 cm³/mol. The summed E-state index contributed by atoms with van der Waals surface area (Å²) in [7, 11) is 3.38.